The van der Waals surface area contributed by atoms with Crippen LogP contribution in [0.2, 0.25) is 0 Å². The van der Waals surface area contributed by atoms with Gasteiger partial charge in [0.2, 0.25) is 0 Å². The zero-order chi connectivity index (χ0) is 14.9. The zero-order valence-electron chi connectivity index (χ0n) is 11.8. The first-order valence-corrected chi connectivity index (χ1v) is 8.56. The number of nitrogens with one attached hydrogen (secondary N) is 1. The molecule has 3 nitrogen and oxygen atoms in total. The number of nitrogens with zero attached hydrogens (tertiary/aromatic N) is 1. The van der Waals surface area contributed by atoms with E-state index in [4.69, 9.17) is 4.74 Å². The minimum Gasteiger partial charge on any atom is -0.495 e. The summed E-state index contributed by atoms with van der Waals surface area (Å²) >= 11 is 8.77. The molecule has 2 aromatic rings. The van der Waals surface area contributed by atoms with E-state index >= 15 is 0 Å². The van der Waals surface area contributed by atoms with Crippen molar-refractivity contribution >= 4 is 48.9 Å². The quantitative estimate of drug-likeness (QED) is 0.713. The molecule has 20 heavy (non-hydrogen) atoms. The Balaban J connectivity index is 2.27. The molecule has 6 heteroatoms. The van der Waals surface area contributed by atoms with Gasteiger partial charge in [-0.25, -0.2) is 4.98 Å². The fourth-order valence-electron chi connectivity index (χ4n) is 2.04. The Morgan fingerprint density at radius 3 is 2.50 bits per heavy atom. The van der Waals surface area contributed by atoms with Gasteiger partial charge >= 0.3 is 0 Å². The Hall–Kier alpha value is -0.590. The highest BCUT2D eigenvalue weighted by Crippen LogP contribution is 2.36. The Kier molecular flexibility index (Phi) is 5.09. The number of methoxy groups -OCH3 is 1. The van der Waals surface area contributed by atoms with Gasteiger partial charge in [0.1, 0.15) is 5.75 Å². The lowest BCUT2D eigenvalue weighted by molar-refractivity contribution is 0.412. The molecule has 0 aliphatic rings. The van der Waals surface area contributed by atoms with Crippen molar-refractivity contribution in [3.8, 4) is 5.75 Å². The fraction of sp³-hybridized carbons (Fsp3) is 0.357. The largest absolute Gasteiger partial charge is 0.495 e. The molecular weight excluding hydrogens is 404 g/mol. The summed E-state index contributed by atoms with van der Waals surface area (Å²) in [5.41, 5.74) is 2.09. The second kappa shape index (κ2) is 6.45. The first-order valence-electron chi connectivity index (χ1n) is 6.16. The molecule has 0 saturated carbocycles. The lowest BCUT2D eigenvalue weighted by Crippen LogP contribution is -2.09. The predicted molar refractivity (Wildman–Crippen MR) is 92.0 cm³/mol. The van der Waals surface area contributed by atoms with Gasteiger partial charge < -0.3 is 10.1 Å². The van der Waals surface area contributed by atoms with E-state index in [2.05, 4.69) is 56.0 Å². The third-order valence-electron chi connectivity index (χ3n) is 2.96. The van der Waals surface area contributed by atoms with Crippen LogP contribution in [0.5, 0.6) is 5.75 Å². The summed E-state index contributed by atoms with van der Waals surface area (Å²) in [6.45, 7) is 6.25. The lowest BCUT2D eigenvalue weighted by Gasteiger charge is -2.17. The van der Waals surface area contributed by atoms with Gasteiger partial charge in [-0.15, -0.1) is 11.3 Å². The van der Waals surface area contributed by atoms with Gasteiger partial charge in [-0.05, 0) is 58.7 Å². The SMILES string of the molecule is COc1cc(NC(C)c2nc(C)sc2C)c(Br)cc1Br. The van der Waals surface area contributed by atoms with Crippen molar-refractivity contribution in [3.63, 3.8) is 0 Å². The van der Waals surface area contributed by atoms with Crippen LogP contribution >= 0.6 is 43.2 Å². The number of hydrogen-bond donors (Lipinski definition) is 1. The topological polar surface area (TPSA) is 34.1 Å². The highest BCUT2D eigenvalue weighted by atomic mass is 79.9. The van der Waals surface area contributed by atoms with Crippen LogP contribution < -0.4 is 10.1 Å². The monoisotopic (exact) mass is 418 g/mol. The summed E-state index contributed by atoms with van der Waals surface area (Å²) in [5, 5.41) is 4.57. The molecule has 108 valence electrons. The van der Waals surface area contributed by atoms with Crippen LogP contribution in [0.3, 0.4) is 0 Å². The number of halogens is 2. The molecule has 1 N–H and O–H groups in total. The second-order valence-electron chi connectivity index (χ2n) is 4.51. The second-order valence-corrected chi connectivity index (χ2v) is 7.62. The average Bonchev–Trinajstić information content (AvgIpc) is 2.71. The Morgan fingerprint density at radius 2 is 1.95 bits per heavy atom. The number of hydrogen-bond acceptors (Lipinski definition) is 4. The van der Waals surface area contributed by atoms with E-state index in [1.165, 1.54) is 4.88 Å². The maximum Gasteiger partial charge on any atom is 0.135 e. The summed E-state index contributed by atoms with van der Waals surface area (Å²) in [6, 6.07) is 4.09. The minimum absolute atomic E-state index is 0.141. The molecule has 0 spiro atoms. The molecule has 0 aliphatic heterocycles. The van der Waals surface area contributed by atoms with Gasteiger partial charge in [-0.1, -0.05) is 0 Å². The summed E-state index contributed by atoms with van der Waals surface area (Å²) in [6.07, 6.45) is 0. The Bertz CT molecular complexity index is 628. The maximum absolute atomic E-state index is 5.33. The summed E-state index contributed by atoms with van der Waals surface area (Å²) in [7, 11) is 1.66. The van der Waals surface area contributed by atoms with E-state index in [0.717, 1.165) is 31.1 Å². The molecule has 0 amide bonds. The van der Waals surface area contributed by atoms with Crippen LogP contribution in [0.4, 0.5) is 5.69 Å². The molecule has 0 saturated heterocycles. The lowest BCUT2D eigenvalue weighted by atomic mass is 10.2. The third kappa shape index (κ3) is 3.35. The number of aromatic nitrogens is 1. The number of aryl methyl sites for hydroxylation is 2. The summed E-state index contributed by atoms with van der Waals surface area (Å²) in [5.74, 6) is 0.800. The number of benzene rings is 1. The Labute approximate surface area is 140 Å². The van der Waals surface area contributed by atoms with Crippen molar-refractivity contribution in [2.24, 2.45) is 0 Å². The van der Waals surface area contributed by atoms with Crippen molar-refractivity contribution in [3.05, 3.63) is 36.7 Å². The van der Waals surface area contributed by atoms with E-state index in [1.807, 2.05) is 19.1 Å². The van der Waals surface area contributed by atoms with Gasteiger partial charge in [0.25, 0.3) is 0 Å². The van der Waals surface area contributed by atoms with E-state index < -0.39 is 0 Å². The van der Waals surface area contributed by atoms with Crippen LogP contribution in [0.25, 0.3) is 0 Å². The third-order valence-corrected chi connectivity index (χ3v) is 5.14. The van der Waals surface area contributed by atoms with E-state index in [0.29, 0.717) is 0 Å². The number of anilines is 1. The molecule has 1 unspecified atom stereocenters. The van der Waals surface area contributed by atoms with Crippen LogP contribution in [0.15, 0.2) is 21.1 Å². The van der Waals surface area contributed by atoms with Gasteiger partial charge in [-0.3, -0.25) is 0 Å². The van der Waals surface area contributed by atoms with Gasteiger partial charge in [0.15, 0.2) is 0 Å². The van der Waals surface area contributed by atoms with Gasteiger partial charge in [-0.2, -0.15) is 0 Å². The van der Waals surface area contributed by atoms with Crippen molar-refractivity contribution in [2.45, 2.75) is 26.8 Å². The minimum atomic E-state index is 0.141. The molecule has 1 aromatic heterocycles. The molecule has 1 aromatic carbocycles. The van der Waals surface area contributed by atoms with Crippen LogP contribution in [0.1, 0.15) is 28.5 Å². The smallest absolute Gasteiger partial charge is 0.135 e. The Morgan fingerprint density at radius 1 is 1.25 bits per heavy atom. The van der Waals surface area contributed by atoms with Gasteiger partial charge in [0.05, 0.1) is 34.0 Å². The average molecular weight is 420 g/mol. The van der Waals surface area contributed by atoms with Crippen LogP contribution in [0, 0.1) is 13.8 Å². The zero-order valence-corrected chi connectivity index (χ0v) is 15.7. The highest BCUT2D eigenvalue weighted by molar-refractivity contribution is 9.11. The highest BCUT2D eigenvalue weighted by Gasteiger charge is 2.15. The summed E-state index contributed by atoms with van der Waals surface area (Å²) in [4.78, 5) is 5.85. The molecule has 1 atom stereocenters. The first kappa shape index (κ1) is 15.8. The van der Waals surface area contributed by atoms with Crippen molar-refractivity contribution in [1.82, 2.24) is 4.98 Å². The normalized spacial score (nSPS) is 12.3. The van der Waals surface area contributed by atoms with Crippen molar-refractivity contribution < 1.29 is 4.74 Å². The number of thiazole rings is 1. The van der Waals surface area contributed by atoms with E-state index in [9.17, 15) is 0 Å². The van der Waals surface area contributed by atoms with Crippen molar-refractivity contribution in [2.75, 3.05) is 12.4 Å². The first-order chi connectivity index (χ1) is 9.42. The van der Waals surface area contributed by atoms with Crippen LogP contribution in [-0.2, 0) is 0 Å². The molecule has 0 bridgehead atoms. The number of rotatable bonds is 4. The van der Waals surface area contributed by atoms with Crippen molar-refractivity contribution in [1.29, 1.82) is 0 Å². The van der Waals surface area contributed by atoms with E-state index in [1.54, 1.807) is 18.4 Å². The molecule has 0 aliphatic carbocycles. The standard InChI is InChI=1S/C14H16Br2N2OS/c1-7(14-8(2)20-9(3)18-14)17-12-6-13(19-4)11(16)5-10(12)15/h5-7,17H,1-4H3. The molecule has 1 heterocycles. The maximum atomic E-state index is 5.33. The molecule has 0 fully saturated rings. The van der Waals surface area contributed by atoms with Gasteiger partial charge in [0, 0.05) is 15.4 Å². The fourth-order valence-corrected chi connectivity index (χ4v) is 4.23. The number of ether oxygens (including phenoxy) is 1. The predicted octanol–water partition coefficient (Wildman–Crippen LogP) is 5.47. The molecule has 2 rings (SSSR count). The molecular formula is C14H16Br2N2OS. The summed E-state index contributed by atoms with van der Waals surface area (Å²) < 4.78 is 7.24. The van der Waals surface area contributed by atoms with E-state index in [-0.39, 0.29) is 6.04 Å². The van der Waals surface area contributed by atoms with Crippen LogP contribution in [-0.4, -0.2) is 12.1 Å². The molecule has 0 radical (unpaired) electrons.